The molecule has 0 aromatic heterocycles. The van der Waals surface area contributed by atoms with Crippen molar-refractivity contribution in [3.8, 4) is 0 Å². The minimum atomic E-state index is -0.148. The Balaban J connectivity index is 0.972. The Labute approximate surface area is 185 Å². The van der Waals surface area contributed by atoms with E-state index in [0.717, 1.165) is 50.0 Å². The quantitative estimate of drug-likeness (QED) is 0.332. The molecule has 5 unspecified atom stereocenters. The van der Waals surface area contributed by atoms with Gasteiger partial charge in [-0.15, -0.1) is 0 Å². The molecule has 6 bridgehead atoms. The fraction of sp³-hybridized carbons (Fsp3) is 0.923. The van der Waals surface area contributed by atoms with Crippen LogP contribution in [0.5, 0.6) is 0 Å². The molecule has 0 amide bonds. The maximum Gasteiger partial charge on any atom is 0.311 e. The van der Waals surface area contributed by atoms with Crippen LogP contribution in [0.25, 0.3) is 0 Å². The Bertz CT molecular complexity index is 722. The summed E-state index contributed by atoms with van der Waals surface area (Å²) < 4.78 is 17.4. The highest BCUT2D eigenvalue weighted by Gasteiger charge is 2.56. The van der Waals surface area contributed by atoms with Crippen LogP contribution in [0.15, 0.2) is 0 Å². The van der Waals surface area contributed by atoms with E-state index in [2.05, 4.69) is 13.8 Å². The van der Waals surface area contributed by atoms with Gasteiger partial charge in [-0.1, -0.05) is 13.8 Å². The Morgan fingerprint density at radius 2 is 1.45 bits per heavy atom. The first kappa shape index (κ1) is 20.5. The van der Waals surface area contributed by atoms with Gasteiger partial charge in [0.2, 0.25) is 0 Å². The van der Waals surface area contributed by atoms with Crippen molar-refractivity contribution in [1.82, 2.24) is 0 Å². The lowest BCUT2D eigenvalue weighted by Crippen LogP contribution is -2.48. The summed E-state index contributed by atoms with van der Waals surface area (Å²) in [4.78, 5) is 25.2. The van der Waals surface area contributed by atoms with Crippen molar-refractivity contribution in [2.75, 3.05) is 13.4 Å². The number of hydrogen-bond acceptors (Lipinski definition) is 5. The molecule has 172 valence electrons. The predicted octanol–water partition coefficient (Wildman–Crippen LogP) is 4.72. The van der Waals surface area contributed by atoms with Crippen molar-refractivity contribution in [3.05, 3.63) is 0 Å². The highest BCUT2D eigenvalue weighted by atomic mass is 16.7. The molecule has 5 heteroatoms. The number of ether oxygens (including phenoxy) is 3. The third-order valence-electron chi connectivity index (χ3n) is 9.98. The average molecular weight is 431 g/mol. The molecular weight excluding hydrogens is 392 g/mol. The number of fused-ring (bicyclic) bond motifs is 2. The van der Waals surface area contributed by atoms with Crippen molar-refractivity contribution in [1.29, 1.82) is 0 Å². The van der Waals surface area contributed by atoms with E-state index < -0.39 is 0 Å². The summed E-state index contributed by atoms with van der Waals surface area (Å²) in [5.74, 6) is 3.04. The highest BCUT2D eigenvalue weighted by Crippen LogP contribution is 2.60. The second-order valence-corrected chi connectivity index (χ2v) is 12.9. The third kappa shape index (κ3) is 3.73. The molecule has 7 aliphatic carbocycles. The van der Waals surface area contributed by atoms with E-state index in [9.17, 15) is 9.59 Å². The average Bonchev–Trinajstić information content (AvgIpc) is 3.01. The lowest BCUT2D eigenvalue weighted by Gasteiger charge is -2.56. The maximum absolute atomic E-state index is 12.8. The molecule has 0 aromatic rings. The topological polar surface area (TPSA) is 61.8 Å². The Morgan fingerprint density at radius 1 is 0.806 bits per heavy atom. The van der Waals surface area contributed by atoms with Gasteiger partial charge in [0.25, 0.3) is 0 Å². The minimum Gasteiger partial charge on any atom is -0.462 e. The van der Waals surface area contributed by atoms with Crippen molar-refractivity contribution in [2.24, 2.45) is 52.3 Å². The Hall–Kier alpha value is -1.10. The van der Waals surface area contributed by atoms with Crippen LogP contribution in [-0.4, -0.2) is 31.4 Å². The van der Waals surface area contributed by atoms with Gasteiger partial charge >= 0.3 is 11.9 Å². The first-order valence-corrected chi connectivity index (χ1v) is 12.8. The highest BCUT2D eigenvalue weighted by molar-refractivity contribution is 5.77. The molecule has 31 heavy (non-hydrogen) atoms. The summed E-state index contributed by atoms with van der Waals surface area (Å²) in [5.41, 5.74) is 0.435. The fourth-order valence-electron chi connectivity index (χ4n) is 8.73. The van der Waals surface area contributed by atoms with Crippen molar-refractivity contribution in [3.63, 3.8) is 0 Å². The zero-order chi connectivity index (χ0) is 21.4. The first-order valence-electron chi connectivity index (χ1n) is 12.8. The zero-order valence-electron chi connectivity index (χ0n) is 19.1. The SMILES string of the molecule is CC1(C)CC1C(=O)OC1CC2CC(C(=O)OCOCC34CC5CC(CC(C5)C3)C4)C1C2. The van der Waals surface area contributed by atoms with Crippen LogP contribution in [-0.2, 0) is 23.8 Å². The molecule has 7 aliphatic rings. The molecule has 7 rings (SSSR count). The van der Waals surface area contributed by atoms with Gasteiger partial charge in [-0.05, 0) is 98.7 Å². The predicted molar refractivity (Wildman–Crippen MR) is 114 cm³/mol. The monoisotopic (exact) mass is 430 g/mol. The second-order valence-electron chi connectivity index (χ2n) is 12.9. The molecule has 5 atom stereocenters. The van der Waals surface area contributed by atoms with Crippen molar-refractivity contribution < 1.29 is 23.8 Å². The van der Waals surface area contributed by atoms with Gasteiger partial charge < -0.3 is 14.2 Å². The zero-order valence-corrected chi connectivity index (χ0v) is 19.1. The number of rotatable bonds is 7. The number of carbonyl (C=O) groups excluding carboxylic acids is 2. The van der Waals surface area contributed by atoms with Gasteiger partial charge in [-0.3, -0.25) is 9.59 Å². The van der Waals surface area contributed by atoms with Crippen LogP contribution in [0.4, 0.5) is 0 Å². The van der Waals surface area contributed by atoms with E-state index in [1.165, 1.54) is 38.5 Å². The summed E-state index contributed by atoms with van der Waals surface area (Å²) in [6, 6.07) is 0. The molecule has 0 aliphatic heterocycles. The van der Waals surface area contributed by atoms with E-state index in [0.29, 0.717) is 11.3 Å². The summed E-state index contributed by atoms with van der Waals surface area (Å²) in [6.45, 7) is 5.06. The number of carbonyl (C=O) groups is 2. The summed E-state index contributed by atoms with van der Waals surface area (Å²) >= 11 is 0. The van der Waals surface area contributed by atoms with Gasteiger partial charge in [0.15, 0.2) is 6.79 Å². The van der Waals surface area contributed by atoms with E-state index in [1.807, 2.05) is 0 Å². The molecule has 0 heterocycles. The lowest BCUT2D eigenvalue weighted by molar-refractivity contribution is -0.176. The van der Waals surface area contributed by atoms with Gasteiger partial charge in [0, 0.05) is 5.92 Å². The van der Waals surface area contributed by atoms with E-state index >= 15 is 0 Å². The van der Waals surface area contributed by atoms with Crippen molar-refractivity contribution >= 4 is 11.9 Å². The summed E-state index contributed by atoms with van der Waals surface area (Å²) in [7, 11) is 0. The van der Waals surface area contributed by atoms with E-state index in [-0.39, 0.29) is 48.0 Å². The fourth-order valence-corrected chi connectivity index (χ4v) is 8.73. The van der Waals surface area contributed by atoms with Crippen molar-refractivity contribution in [2.45, 2.75) is 84.2 Å². The van der Waals surface area contributed by atoms with Crippen LogP contribution < -0.4 is 0 Å². The number of esters is 2. The molecule has 0 saturated heterocycles. The smallest absolute Gasteiger partial charge is 0.311 e. The van der Waals surface area contributed by atoms with Gasteiger partial charge in [-0.2, -0.15) is 0 Å². The van der Waals surface area contributed by atoms with Gasteiger partial charge in [-0.25, -0.2) is 0 Å². The van der Waals surface area contributed by atoms with Crippen LogP contribution in [0.3, 0.4) is 0 Å². The summed E-state index contributed by atoms with van der Waals surface area (Å²) in [6.07, 6.45) is 11.8. The molecule has 7 fully saturated rings. The van der Waals surface area contributed by atoms with Crippen LogP contribution >= 0.6 is 0 Å². The van der Waals surface area contributed by atoms with Crippen LogP contribution in [0.1, 0.15) is 78.1 Å². The standard InChI is InChI=1S/C26H38O5/c1-25(2)12-21(25)24(28)31-22-8-15-6-19(22)20(7-15)23(27)30-14-29-13-26-9-16-3-17(10-26)5-18(4-16)11-26/h15-22H,3-14H2,1-2H3. The molecule has 5 nitrogen and oxygen atoms in total. The number of hydrogen-bond donors (Lipinski definition) is 0. The Kier molecular flexibility index (Phi) is 4.76. The molecule has 7 saturated carbocycles. The van der Waals surface area contributed by atoms with E-state index in [4.69, 9.17) is 14.2 Å². The minimum absolute atomic E-state index is 0.0370. The van der Waals surface area contributed by atoms with Crippen LogP contribution in [0, 0.1) is 52.3 Å². The van der Waals surface area contributed by atoms with Gasteiger partial charge in [0.1, 0.15) is 6.10 Å². The normalized spacial score (nSPS) is 48.1. The molecule has 0 N–H and O–H groups in total. The maximum atomic E-state index is 12.8. The van der Waals surface area contributed by atoms with Crippen LogP contribution in [0.2, 0.25) is 0 Å². The van der Waals surface area contributed by atoms with Gasteiger partial charge in [0.05, 0.1) is 18.4 Å². The van der Waals surface area contributed by atoms with E-state index in [1.54, 1.807) is 0 Å². The Morgan fingerprint density at radius 3 is 2.03 bits per heavy atom. The molecule has 0 spiro atoms. The lowest BCUT2D eigenvalue weighted by atomic mass is 9.50. The third-order valence-corrected chi connectivity index (χ3v) is 9.98. The second kappa shape index (κ2) is 7.20. The molecule has 0 aromatic carbocycles. The largest absolute Gasteiger partial charge is 0.462 e. The first-order chi connectivity index (χ1) is 14.8. The summed E-state index contributed by atoms with van der Waals surface area (Å²) in [5, 5.41) is 0. The molecular formula is C26H38O5. The molecule has 0 radical (unpaired) electrons.